The van der Waals surface area contributed by atoms with Gasteiger partial charge in [0.2, 0.25) is 0 Å². The maximum absolute atomic E-state index is 10.3. The molecule has 18 heavy (non-hydrogen) atoms. The van der Waals surface area contributed by atoms with Gasteiger partial charge in [0, 0.05) is 6.42 Å². The normalized spacial score (nSPS) is 13.0. The fourth-order valence-electron chi connectivity index (χ4n) is 2.37. The van der Waals surface area contributed by atoms with Gasteiger partial charge in [-0.2, -0.15) is 0 Å². The van der Waals surface area contributed by atoms with E-state index in [9.17, 15) is 5.11 Å². The highest BCUT2D eigenvalue weighted by Crippen LogP contribution is 2.28. The highest BCUT2D eigenvalue weighted by atomic mass is 35.5. The molecule has 1 rings (SSSR count). The van der Waals surface area contributed by atoms with Gasteiger partial charge >= 0.3 is 0 Å². The molecule has 0 heterocycles. The minimum Gasteiger partial charge on any atom is -0.392 e. The Kier molecular flexibility index (Phi) is 7.06. The van der Waals surface area contributed by atoms with Crippen molar-refractivity contribution < 1.29 is 5.11 Å². The Bertz CT molecular complexity index is 360. The van der Waals surface area contributed by atoms with Gasteiger partial charge in [-0.3, -0.25) is 0 Å². The van der Waals surface area contributed by atoms with Crippen molar-refractivity contribution in [3.05, 3.63) is 33.8 Å². The highest BCUT2D eigenvalue weighted by molar-refractivity contribution is 6.42. The molecule has 0 aliphatic heterocycles. The van der Waals surface area contributed by atoms with Crippen LogP contribution in [0.5, 0.6) is 0 Å². The second kappa shape index (κ2) is 8.04. The first-order chi connectivity index (χ1) is 8.60. The Hall–Kier alpha value is -0.240. The molecule has 0 amide bonds. The number of hydrogen-bond acceptors (Lipinski definition) is 1. The number of aliphatic hydroxyl groups excluding tert-OH is 1. The van der Waals surface area contributed by atoms with E-state index in [1.54, 1.807) is 6.07 Å². The Morgan fingerprint density at radius 1 is 1.11 bits per heavy atom. The summed E-state index contributed by atoms with van der Waals surface area (Å²) in [5.74, 6) is 0.357. The quantitative estimate of drug-likeness (QED) is 0.739. The van der Waals surface area contributed by atoms with E-state index in [1.807, 2.05) is 12.1 Å². The van der Waals surface area contributed by atoms with Crippen LogP contribution in [0.15, 0.2) is 18.2 Å². The molecule has 1 nitrogen and oxygen atoms in total. The molecule has 1 aromatic carbocycles. The van der Waals surface area contributed by atoms with Gasteiger partial charge in [-0.15, -0.1) is 0 Å². The lowest BCUT2D eigenvalue weighted by atomic mass is 9.89. The van der Waals surface area contributed by atoms with Crippen molar-refractivity contribution in [1.29, 1.82) is 0 Å². The largest absolute Gasteiger partial charge is 0.392 e. The topological polar surface area (TPSA) is 20.2 Å². The zero-order valence-electron chi connectivity index (χ0n) is 11.1. The summed E-state index contributed by atoms with van der Waals surface area (Å²) in [4.78, 5) is 0. The number of aliphatic hydroxyl groups is 1. The predicted octanol–water partition coefficient (Wildman–Crippen LogP) is 5.11. The molecule has 1 unspecified atom stereocenters. The van der Waals surface area contributed by atoms with Crippen LogP contribution in [-0.4, -0.2) is 11.2 Å². The highest BCUT2D eigenvalue weighted by Gasteiger charge is 2.19. The van der Waals surface area contributed by atoms with Crippen LogP contribution in [-0.2, 0) is 6.42 Å². The summed E-state index contributed by atoms with van der Waals surface area (Å²) in [7, 11) is 0. The van der Waals surface area contributed by atoms with Crippen LogP contribution in [0.2, 0.25) is 10.0 Å². The summed E-state index contributed by atoms with van der Waals surface area (Å²) < 4.78 is 0. The second-order valence-electron chi connectivity index (χ2n) is 4.82. The van der Waals surface area contributed by atoms with E-state index in [4.69, 9.17) is 23.2 Å². The predicted molar refractivity (Wildman–Crippen MR) is 79.5 cm³/mol. The van der Waals surface area contributed by atoms with Crippen LogP contribution >= 0.6 is 23.2 Å². The molecule has 0 radical (unpaired) electrons. The first kappa shape index (κ1) is 15.8. The van der Waals surface area contributed by atoms with Crippen molar-refractivity contribution >= 4 is 23.2 Å². The summed E-state index contributed by atoms with van der Waals surface area (Å²) >= 11 is 12.1. The van der Waals surface area contributed by atoms with Gasteiger partial charge < -0.3 is 5.11 Å². The van der Waals surface area contributed by atoms with Crippen molar-refractivity contribution in [2.24, 2.45) is 5.92 Å². The van der Waals surface area contributed by atoms with Gasteiger partial charge in [0.05, 0.1) is 16.1 Å². The molecule has 0 aliphatic carbocycles. The maximum Gasteiger partial charge on any atom is 0.0625 e. The van der Waals surface area contributed by atoms with Crippen molar-refractivity contribution in [1.82, 2.24) is 0 Å². The smallest absolute Gasteiger partial charge is 0.0625 e. The van der Waals surface area contributed by atoms with Crippen LogP contribution in [0.4, 0.5) is 0 Å². The molecular formula is C15H22Cl2O. The third-order valence-corrected chi connectivity index (χ3v) is 4.18. The lowest BCUT2D eigenvalue weighted by Gasteiger charge is -2.22. The minimum atomic E-state index is -0.333. The summed E-state index contributed by atoms with van der Waals surface area (Å²) in [5, 5.41) is 11.5. The van der Waals surface area contributed by atoms with Crippen LogP contribution in [0.1, 0.15) is 45.1 Å². The Morgan fingerprint density at radius 2 is 1.72 bits per heavy atom. The van der Waals surface area contributed by atoms with Gasteiger partial charge in [0.25, 0.3) is 0 Å². The van der Waals surface area contributed by atoms with Gasteiger partial charge in [-0.05, 0) is 30.4 Å². The monoisotopic (exact) mass is 288 g/mol. The first-order valence-electron chi connectivity index (χ1n) is 6.71. The van der Waals surface area contributed by atoms with Crippen LogP contribution in [0, 0.1) is 5.92 Å². The summed E-state index contributed by atoms with van der Waals surface area (Å²) in [6, 6.07) is 5.59. The molecule has 0 aromatic heterocycles. The molecule has 0 saturated heterocycles. The Morgan fingerprint density at radius 3 is 2.28 bits per heavy atom. The Labute approximate surface area is 120 Å². The minimum absolute atomic E-state index is 0.333. The average Bonchev–Trinajstić information content (AvgIpc) is 2.34. The molecule has 102 valence electrons. The third kappa shape index (κ3) is 4.46. The molecule has 0 spiro atoms. The van der Waals surface area contributed by atoms with E-state index >= 15 is 0 Å². The first-order valence-corrected chi connectivity index (χ1v) is 7.46. The second-order valence-corrected chi connectivity index (χ2v) is 5.61. The zero-order chi connectivity index (χ0) is 13.5. The van der Waals surface area contributed by atoms with E-state index in [0.29, 0.717) is 22.4 Å². The molecular weight excluding hydrogens is 267 g/mol. The average molecular weight is 289 g/mol. The van der Waals surface area contributed by atoms with E-state index in [-0.39, 0.29) is 6.10 Å². The van der Waals surface area contributed by atoms with Gasteiger partial charge in [-0.25, -0.2) is 0 Å². The molecule has 0 bridgehead atoms. The van der Waals surface area contributed by atoms with Crippen molar-refractivity contribution in [2.45, 2.75) is 52.1 Å². The van der Waals surface area contributed by atoms with E-state index in [0.717, 1.165) is 31.2 Å². The van der Waals surface area contributed by atoms with E-state index in [2.05, 4.69) is 13.8 Å². The number of benzene rings is 1. The van der Waals surface area contributed by atoms with Crippen LogP contribution in [0.25, 0.3) is 0 Å². The lowest BCUT2D eigenvalue weighted by Crippen LogP contribution is -2.23. The van der Waals surface area contributed by atoms with E-state index < -0.39 is 0 Å². The van der Waals surface area contributed by atoms with Gasteiger partial charge in [0.15, 0.2) is 0 Å². The van der Waals surface area contributed by atoms with E-state index in [1.165, 1.54) is 0 Å². The molecule has 0 fully saturated rings. The number of rotatable bonds is 7. The van der Waals surface area contributed by atoms with Crippen LogP contribution in [0.3, 0.4) is 0 Å². The molecule has 0 aliphatic rings. The SMILES string of the molecule is CCCC(CCC)C(O)Cc1cccc(Cl)c1Cl. The van der Waals surface area contributed by atoms with Crippen LogP contribution < -0.4 is 0 Å². The van der Waals surface area contributed by atoms with Crippen molar-refractivity contribution in [2.75, 3.05) is 0 Å². The Balaban J connectivity index is 2.72. The molecule has 0 saturated carbocycles. The molecule has 1 atom stereocenters. The third-order valence-electron chi connectivity index (χ3n) is 3.32. The number of halogens is 2. The molecule has 3 heteroatoms. The standard InChI is InChI=1S/C15H22Cl2O/c1-3-6-11(7-4-2)14(18)10-12-8-5-9-13(16)15(12)17/h5,8-9,11,14,18H,3-4,6-7,10H2,1-2H3. The number of hydrogen-bond donors (Lipinski definition) is 1. The zero-order valence-corrected chi connectivity index (χ0v) is 12.6. The molecule has 1 N–H and O–H groups in total. The van der Waals surface area contributed by atoms with Crippen molar-refractivity contribution in [3.63, 3.8) is 0 Å². The lowest BCUT2D eigenvalue weighted by molar-refractivity contribution is 0.0964. The summed E-state index contributed by atoms with van der Waals surface area (Å²) in [6.07, 6.45) is 4.58. The fourth-order valence-corrected chi connectivity index (χ4v) is 2.77. The fraction of sp³-hybridized carbons (Fsp3) is 0.600. The summed E-state index contributed by atoms with van der Waals surface area (Å²) in [5.41, 5.74) is 0.939. The molecule has 1 aromatic rings. The van der Waals surface area contributed by atoms with Gasteiger partial charge in [0.1, 0.15) is 0 Å². The van der Waals surface area contributed by atoms with Gasteiger partial charge in [-0.1, -0.05) is 62.0 Å². The van der Waals surface area contributed by atoms with Crippen molar-refractivity contribution in [3.8, 4) is 0 Å². The summed E-state index contributed by atoms with van der Waals surface area (Å²) in [6.45, 7) is 4.31. The maximum atomic E-state index is 10.3.